The highest BCUT2D eigenvalue weighted by Gasteiger charge is 2.31. The zero-order valence-corrected chi connectivity index (χ0v) is 18.3. The molecule has 2 N–H and O–H groups in total. The van der Waals surface area contributed by atoms with E-state index in [1.165, 1.54) is 25.3 Å². The number of carbonyl (C=O) groups excluding carboxylic acids is 2. The fraction of sp³-hybridized carbons (Fsp3) is 0.0435. The first-order chi connectivity index (χ1) is 15.3. The Bertz CT molecular complexity index is 1370. The van der Waals surface area contributed by atoms with Gasteiger partial charge in [-0.05, 0) is 42.5 Å². The van der Waals surface area contributed by atoms with E-state index in [2.05, 4.69) is 10.0 Å². The summed E-state index contributed by atoms with van der Waals surface area (Å²) in [7, 11) is -2.36. The molecule has 162 valence electrons. The van der Waals surface area contributed by atoms with Crippen LogP contribution in [0.15, 0.2) is 88.4 Å². The maximum atomic E-state index is 12.8. The smallest absolute Gasteiger partial charge is 0.261 e. The van der Waals surface area contributed by atoms with Gasteiger partial charge in [-0.25, -0.2) is 8.42 Å². The van der Waals surface area contributed by atoms with E-state index in [0.717, 1.165) is 0 Å². The lowest BCUT2D eigenvalue weighted by Crippen LogP contribution is -2.24. The van der Waals surface area contributed by atoms with Crippen LogP contribution in [0.25, 0.3) is 0 Å². The van der Waals surface area contributed by atoms with Gasteiger partial charge in [0.25, 0.3) is 10.0 Å². The predicted octanol–water partition coefficient (Wildman–Crippen LogP) is 4.44. The van der Waals surface area contributed by atoms with Crippen molar-refractivity contribution in [3.8, 4) is 5.75 Å². The third-order valence-corrected chi connectivity index (χ3v) is 6.57. The Balaban J connectivity index is 1.59. The van der Waals surface area contributed by atoms with Gasteiger partial charge in [-0.3, -0.25) is 14.3 Å². The van der Waals surface area contributed by atoms with Crippen LogP contribution in [-0.2, 0) is 10.0 Å². The van der Waals surface area contributed by atoms with Crippen LogP contribution < -0.4 is 14.8 Å². The zero-order chi connectivity index (χ0) is 22.9. The summed E-state index contributed by atoms with van der Waals surface area (Å²) in [5, 5.41) is 2.63. The van der Waals surface area contributed by atoms with Gasteiger partial charge in [0.05, 0.1) is 17.7 Å². The number of fused-ring (bicyclic) bond motifs is 1. The second-order valence-electron chi connectivity index (χ2n) is 6.88. The second-order valence-corrected chi connectivity index (χ2v) is 8.94. The summed E-state index contributed by atoms with van der Waals surface area (Å²) >= 11 is 6.18. The number of nitrogens with one attached hydrogen (secondary N) is 2. The van der Waals surface area contributed by atoms with E-state index in [0.29, 0.717) is 11.4 Å². The Kier molecular flexibility index (Phi) is 5.73. The Morgan fingerprint density at radius 1 is 0.812 bits per heavy atom. The number of sulfonamides is 1. The number of anilines is 2. The fourth-order valence-corrected chi connectivity index (χ4v) is 4.51. The molecule has 0 heterocycles. The lowest BCUT2D eigenvalue weighted by atomic mass is 9.92. The van der Waals surface area contributed by atoms with Crippen LogP contribution in [0.3, 0.4) is 0 Å². The highest BCUT2D eigenvalue weighted by Crippen LogP contribution is 2.30. The van der Waals surface area contributed by atoms with E-state index in [-0.39, 0.29) is 32.4 Å². The molecule has 9 heteroatoms. The molecule has 0 saturated heterocycles. The second kappa shape index (κ2) is 8.49. The van der Waals surface area contributed by atoms with E-state index in [4.69, 9.17) is 16.3 Å². The maximum Gasteiger partial charge on any atom is 0.261 e. The van der Waals surface area contributed by atoms with Crippen LogP contribution in [0.1, 0.15) is 20.7 Å². The van der Waals surface area contributed by atoms with Crippen molar-refractivity contribution in [2.24, 2.45) is 0 Å². The number of rotatable bonds is 6. The zero-order valence-electron chi connectivity index (χ0n) is 16.8. The van der Waals surface area contributed by atoms with Gasteiger partial charge in [-0.1, -0.05) is 41.9 Å². The topological polar surface area (TPSA) is 102 Å². The molecule has 7 nitrogen and oxygen atoms in total. The number of methoxy groups -OCH3 is 1. The molecule has 0 aliphatic heterocycles. The van der Waals surface area contributed by atoms with E-state index < -0.39 is 21.6 Å². The quantitative estimate of drug-likeness (QED) is 0.554. The normalized spacial score (nSPS) is 13.6. The van der Waals surface area contributed by atoms with Crippen molar-refractivity contribution in [3.63, 3.8) is 0 Å². The van der Waals surface area contributed by atoms with Crippen LogP contribution in [0.4, 0.5) is 11.4 Å². The lowest BCUT2D eigenvalue weighted by molar-refractivity contribution is 0.0982. The van der Waals surface area contributed by atoms with Crippen LogP contribution in [-0.4, -0.2) is 27.1 Å². The molecule has 32 heavy (non-hydrogen) atoms. The summed E-state index contributed by atoms with van der Waals surface area (Å²) in [6.07, 6.45) is 0. The molecule has 0 fully saturated rings. The highest BCUT2D eigenvalue weighted by molar-refractivity contribution is 7.92. The summed E-state index contributed by atoms with van der Waals surface area (Å²) in [6.45, 7) is 0. The highest BCUT2D eigenvalue weighted by atomic mass is 35.5. The number of ketones is 2. The molecule has 1 aliphatic carbocycles. The summed E-state index contributed by atoms with van der Waals surface area (Å²) in [5.74, 6) is -0.344. The largest absolute Gasteiger partial charge is 0.497 e. The molecule has 4 rings (SSSR count). The van der Waals surface area contributed by atoms with Crippen molar-refractivity contribution in [1.82, 2.24) is 0 Å². The summed E-state index contributed by atoms with van der Waals surface area (Å²) in [6, 6.07) is 18.7. The number of allylic oxidation sites excluding steroid dienone is 2. The number of carbonyl (C=O) groups is 2. The van der Waals surface area contributed by atoms with Crippen LogP contribution >= 0.6 is 11.6 Å². The Labute approximate surface area is 189 Å². The molecule has 0 amide bonds. The number of ether oxygens (including phenoxy) is 1. The molecule has 3 aromatic carbocycles. The van der Waals surface area contributed by atoms with E-state index in [9.17, 15) is 18.0 Å². The third-order valence-electron chi connectivity index (χ3n) is 4.82. The van der Waals surface area contributed by atoms with E-state index in [1.54, 1.807) is 54.6 Å². The summed E-state index contributed by atoms with van der Waals surface area (Å²) in [4.78, 5) is 25.4. The minimum atomic E-state index is -3.85. The standard InChI is InChI=1S/C23H17ClN2O5S/c1-31-16-9-11-17(12-10-16)32(29,30)26-15-6-4-5-14(13-15)25-21-20(24)22(27)18-7-2-3-8-19(18)23(21)28/h2-13,25-26H,1H3. The van der Waals surface area contributed by atoms with Gasteiger partial charge in [-0.2, -0.15) is 0 Å². The minimum absolute atomic E-state index is 0.0621. The van der Waals surface area contributed by atoms with Gasteiger partial charge in [0, 0.05) is 16.8 Å². The number of Topliss-reactive ketones (excluding diaryl/α,β-unsaturated/α-hetero) is 2. The first kappa shape index (κ1) is 21.6. The van der Waals surface area contributed by atoms with E-state index in [1.807, 2.05) is 0 Å². The van der Waals surface area contributed by atoms with Crippen molar-refractivity contribution >= 4 is 44.6 Å². The maximum absolute atomic E-state index is 12.8. The van der Waals surface area contributed by atoms with Crippen LogP contribution in [0.2, 0.25) is 0 Å². The fourth-order valence-electron chi connectivity index (χ4n) is 3.23. The monoisotopic (exact) mass is 468 g/mol. The molecule has 0 aromatic heterocycles. The van der Waals surface area contributed by atoms with E-state index >= 15 is 0 Å². The first-order valence-electron chi connectivity index (χ1n) is 9.42. The van der Waals surface area contributed by atoms with Crippen molar-refractivity contribution in [1.29, 1.82) is 0 Å². The van der Waals surface area contributed by atoms with Crippen molar-refractivity contribution in [2.75, 3.05) is 17.1 Å². The molecule has 0 unspecified atom stereocenters. The molecule has 1 aliphatic rings. The van der Waals surface area contributed by atoms with Crippen LogP contribution in [0, 0.1) is 0 Å². The molecular weight excluding hydrogens is 452 g/mol. The summed E-state index contributed by atoms with van der Waals surface area (Å²) < 4.78 is 32.9. The molecule has 0 bridgehead atoms. The Morgan fingerprint density at radius 2 is 1.44 bits per heavy atom. The average Bonchev–Trinajstić information content (AvgIpc) is 2.80. The summed E-state index contributed by atoms with van der Waals surface area (Å²) in [5.41, 5.74) is 1.08. The van der Waals surface area contributed by atoms with Gasteiger partial charge >= 0.3 is 0 Å². The molecular formula is C23H17ClN2O5S. The van der Waals surface area contributed by atoms with Gasteiger partial charge in [0.15, 0.2) is 0 Å². The lowest BCUT2D eigenvalue weighted by Gasteiger charge is -2.19. The molecule has 0 saturated carbocycles. The van der Waals surface area contributed by atoms with Gasteiger partial charge in [-0.15, -0.1) is 0 Å². The van der Waals surface area contributed by atoms with Crippen molar-refractivity contribution in [2.45, 2.75) is 4.90 Å². The number of hydrogen-bond acceptors (Lipinski definition) is 6. The molecule has 0 atom stereocenters. The van der Waals surface area contributed by atoms with Gasteiger partial charge < -0.3 is 10.1 Å². The Hall–Kier alpha value is -3.62. The number of benzene rings is 3. The van der Waals surface area contributed by atoms with Gasteiger partial charge in [0.1, 0.15) is 16.5 Å². The Morgan fingerprint density at radius 3 is 2.09 bits per heavy atom. The van der Waals surface area contributed by atoms with Crippen LogP contribution in [0.5, 0.6) is 5.75 Å². The van der Waals surface area contributed by atoms with Gasteiger partial charge in [0.2, 0.25) is 11.6 Å². The molecule has 0 radical (unpaired) electrons. The number of halogens is 1. The molecule has 3 aromatic rings. The first-order valence-corrected chi connectivity index (χ1v) is 11.3. The third kappa shape index (κ3) is 4.10. The number of hydrogen-bond donors (Lipinski definition) is 2. The average molecular weight is 469 g/mol. The van der Waals surface area contributed by atoms with Crippen molar-refractivity contribution in [3.05, 3.63) is 94.7 Å². The molecule has 0 spiro atoms. The SMILES string of the molecule is COc1ccc(S(=O)(=O)Nc2cccc(NC3=C(Cl)C(=O)c4ccccc4C3=O)c2)cc1. The predicted molar refractivity (Wildman–Crippen MR) is 122 cm³/mol. The minimum Gasteiger partial charge on any atom is -0.497 e. The van der Waals surface area contributed by atoms with Crippen molar-refractivity contribution < 1.29 is 22.7 Å².